The molecule has 10 heteroatoms. The van der Waals surface area contributed by atoms with Crippen molar-refractivity contribution < 1.29 is 33.8 Å². The highest BCUT2D eigenvalue weighted by atomic mass is 31.2. The van der Waals surface area contributed by atoms with Crippen LogP contribution in [0.4, 0.5) is 0 Å². The molecule has 0 heterocycles. The van der Waals surface area contributed by atoms with Crippen LogP contribution >= 0.6 is 15.2 Å². The molecule has 7 nitrogen and oxygen atoms in total. The maximum Gasteiger partial charge on any atom is 0.369 e. The van der Waals surface area contributed by atoms with Gasteiger partial charge in [-0.25, -0.2) is 0 Å². The summed E-state index contributed by atoms with van der Waals surface area (Å²) >= 11 is 0. The van der Waals surface area contributed by atoms with Gasteiger partial charge in [-0.05, 0) is 6.92 Å². The quantitative estimate of drug-likeness (QED) is 0.277. The number of aliphatic hydroxyl groups is 1. The van der Waals surface area contributed by atoms with Gasteiger partial charge in [-0.2, -0.15) is 0 Å². The van der Waals surface area contributed by atoms with Gasteiger partial charge in [0.15, 0.2) is 0 Å². The Kier molecular flexibility index (Phi) is 5.22. The van der Waals surface area contributed by atoms with Gasteiger partial charge in [-0.15, -0.1) is 0 Å². The predicted octanol–water partition coefficient (Wildman–Crippen LogP) is -1.91. The van der Waals surface area contributed by atoms with Crippen LogP contribution in [0.25, 0.3) is 0 Å². The average molecular weight is 232 g/mol. The zero-order valence-corrected chi connectivity index (χ0v) is 7.24. The topological polar surface area (TPSA) is 135 Å². The lowest BCUT2D eigenvalue weighted by molar-refractivity contribution is 0.146. The molecule has 0 fully saturated rings. The van der Waals surface area contributed by atoms with Crippen LogP contribution in [-0.4, -0.2) is 52.8 Å². The minimum Gasteiger partial charge on any atom is -0.368 e. The van der Waals surface area contributed by atoms with Crippen LogP contribution in [0.2, 0.25) is 0 Å². The molecule has 0 amide bonds. The summed E-state index contributed by atoms with van der Waals surface area (Å²) in [7, 11) is -10.4. The molecule has 0 saturated carbocycles. The summed E-state index contributed by atoms with van der Waals surface area (Å²) in [5.41, 5.74) is 0. The smallest absolute Gasteiger partial charge is 0.368 e. The van der Waals surface area contributed by atoms with Crippen LogP contribution in [0.15, 0.2) is 0 Å². The maximum absolute atomic E-state index is 10.3. The standard InChI is InChI=1S/C2H8O7P2.Mg.2H/c1-2(3,10(4,5)6)11(7,8)9;;;/h3H,1H3,(H2,4,5,6)(H2,7,8,9);;;. The van der Waals surface area contributed by atoms with Crippen molar-refractivity contribution >= 4 is 38.2 Å². The molecule has 0 aromatic carbocycles. The molecule has 0 atom stereocenters. The number of hydrogen-bond donors (Lipinski definition) is 5. The Hall–Kier alpha value is 1.03. The van der Waals surface area contributed by atoms with Gasteiger partial charge in [-0.3, -0.25) is 9.13 Å². The van der Waals surface area contributed by atoms with Crippen LogP contribution in [0.5, 0.6) is 0 Å². The maximum atomic E-state index is 10.3. The van der Waals surface area contributed by atoms with Crippen LogP contribution in [-0.2, 0) is 9.13 Å². The Morgan fingerprint density at radius 3 is 1.17 bits per heavy atom. The third-order valence-corrected chi connectivity index (χ3v) is 4.87. The van der Waals surface area contributed by atoms with Crippen molar-refractivity contribution in [3.8, 4) is 0 Å². The van der Waals surface area contributed by atoms with E-state index < -0.39 is 20.3 Å². The van der Waals surface area contributed by atoms with E-state index in [0.29, 0.717) is 6.92 Å². The lowest BCUT2D eigenvalue weighted by Gasteiger charge is -2.24. The molecule has 0 aliphatic rings. The molecule has 0 rings (SSSR count). The average Bonchev–Trinajstić information content (AvgIpc) is 1.58. The molecule has 0 aliphatic heterocycles. The summed E-state index contributed by atoms with van der Waals surface area (Å²) in [6.07, 6.45) is 0. The Labute approximate surface area is 84.3 Å². The fourth-order valence-electron chi connectivity index (χ4n) is 0.170. The highest BCUT2D eigenvalue weighted by Gasteiger charge is 2.55. The normalized spacial score (nSPS) is 13.8. The van der Waals surface area contributed by atoms with E-state index in [9.17, 15) is 9.13 Å². The van der Waals surface area contributed by atoms with Gasteiger partial charge < -0.3 is 24.7 Å². The van der Waals surface area contributed by atoms with Gasteiger partial charge in [0.05, 0.1) is 0 Å². The molecule has 0 aromatic heterocycles. The van der Waals surface area contributed by atoms with E-state index in [0.717, 1.165) is 0 Å². The van der Waals surface area contributed by atoms with Gasteiger partial charge in [0.2, 0.25) is 0 Å². The van der Waals surface area contributed by atoms with E-state index in [2.05, 4.69) is 0 Å². The van der Waals surface area contributed by atoms with Gasteiger partial charge in [0, 0.05) is 0 Å². The lowest BCUT2D eigenvalue weighted by Crippen LogP contribution is -2.23. The molecule has 5 N–H and O–H groups in total. The summed E-state index contributed by atoms with van der Waals surface area (Å²) in [6.45, 7) is 0.383. The first-order valence-electron chi connectivity index (χ1n) is 2.34. The summed E-state index contributed by atoms with van der Waals surface area (Å²) < 4.78 is 20.5. The monoisotopic (exact) mass is 232 g/mol. The van der Waals surface area contributed by atoms with Gasteiger partial charge in [0.25, 0.3) is 5.08 Å². The second-order valence-electron chi connectivity index (χ2n) is 2.06. The molecule has 0 radical (unpaired) electrons. The van der Waals surface area contributed by atoms with Crippen LogP contribution in [0.1, 0.15) is 6.92 Å². The minimum atomic E-state index is -5.20. The first kappa shape index (κ1) is 15.5. The minimum absolute atomic E-state index is 0. The Morgan fingerprint density at radius 1 is 1.00 bits per heavy atom. The zero-order valence-electron chi connectivity index (χ0n) is 5.45. The molecular weight excluding hydrogens is 222 g/mol. The SMILES string of the molecule is CC(O)(P(=O)(O)O)P(=O)(O)O.[MgH2]. The van der Waals surface area contributed by atoms with Crippen LogP contribution < -0.4 is 0 Å². The van der Waals surface area contributed by atoms with E-state index in [1.807, 2.05) is 0 Å². The van der Waals surface area contributed by atoms with E-state index in [1.54, 1.807) is 0 Å². The zero-order chi connectivity index (χ0) is 9.50. The van der Waals surface area contributed by atoms with Crippen molar-refractivity contribution in [1.82, 2.24) is 0 Å². The molecule has 0 bridgehead atoms. The Morgan fingerprint density at radius 2 is 1.17 bits per heavy atom. The molecule has 0 aromatic rings. The first-order valence-corrected chi connectivity index (χ1v) is 5.56. The van der Waals surface area contributed by atoms with Crippen molar-refractivity contribution in [2.45, 2.75) is 12.0 Å². The second-order valence-corrected chi connectivity index (χ2v) is 6.33. The molecule has 0 unspecified atom stereocenters. The highest BCUT2D eigenvalue weighted by molar-refractivity contribution is 7.71. The third-order valence-electron chi connectivity index (χ3n) is 1.10. The molecule has 0 saturated heterocycles. The molecule has 0 spiro atoms. The summed E-state index contributed by atoms with van der Waals surface area (Å²) in [5.74, 6) is 0. The van der Waals surface area contributed by atoms with Crippen molar-refractivity contribution in [3.63, 3.8) is 0 Å². The fraction of sp³-hybridized carbons (Fsp3) is 1.00. The van der Waals surface area contributed by atoms with Crippen molar-refractivity contribution in [1.29, 1.82) is 0 Å². The van der Waals surface area contributed by atoms with Crippen LogP contribution in [0, 0.1) is 0 Å². The summed E-state index contributed by atoms with van der Waals surface area (Å²) in [6, 6.07) is 0. The fourth-order valence-corrected chi connectivity index (χ4v) is 1.53. The molecular formula is C2H10MgO7P2. The highest BCUT2D eigenvalue weighted by Crippen LogP contribution is 2.66. The van der Waals surface area contributed by atoms with E-state index in [4.69, 9.17) is 24.7 Å². The Balaban J connectivity index is 0. The van der Waals surface area contributed by atoms with Crippen LogP contribution in [0.3, 0.4) is 0 Å². The first-order chi connectivity index (χ1) is 4.50. The summed E-state index contributed by atoms with van der Waals surface area (Å²) in [4.78, 5) is 33.0. The largest absolute Gasteiger partial charge is 0.369 e. The van der Waals surface area contributed by atoms with Crippen molar-refractivity contribution in [3.05, 3.63) is 0 Å². The third kappa shape index (κ3) is 3.06. The van der Waals surface area contributed by atoms with Gasteiger partial charge in [-0.1, -0.05) is 0 Å². The lowest BCUT2D eigenvalue weighted by atomic mass is 10.9. The van der Waals surface area contributed by atoms with Gasteiger partial charge in [0.1, 0.15) is 0 Å². The predicted molar refractivity (Wildman–Crippen MR) is 43.3 cm³/mol. The summed E-state index contributed by atoms with van der Waals surface area (Å²) in [5, 5.41) is 5.37. The van der Waals surface area contributed by atoms with Gasteiger partial charge >= 0.3 is 38.2 Å². The molecule has 0 aliphatic carbocycles. The van der Waals surface area contributed by atoms with E-state index >= 15 is 0 Å². The number of hydrogen-bond acceptors (Lipinski definition) is 3. The molecule has 12 heavy (non-hydrogen) atoms. The van der Waals surface area contributed by atoms with Crippen molar-refractivity contribution in [2.24, 2.45) is 0 Å². The van der Waals surface area contributed by atoms with E-state index in [1.165, 1.54) is 0 Å². The van der Waals surface area contributed by atoms with E-state index in [-0.39, 0.29) is 23.1 Å². The Bertz CT molecular complexity index is 212. The number of rotatable bonds is 2. The second kappa shape index (κ2) is 4.04. The molecule has 72 valence electrons. The van der Waals surface area contributed by atoms with Crippen molar-refractivity contribution in [2.75, 3.05) is 0 Å².